The Morgan fingerprint density at radius 1 is 1.21 bits per heavy atom. The van der Waals surface area contributed by atoms with Crippen LogP contribution in [0.4, 0.5) is 18.0 Å². The van der Waals surface area contributed by atoms with Crippen molar-refractivity contribution in [2.45, 2.75) is 32.5 Å². The van der Waals surface area contributed by atoms with E-state index in [-0.39, 0.29) is 26.3 Å². The van der Waals surface area contributed by atoms with Crippen molar-refractivity contribution < 1.29 is 32.5 Å². The van der Waals surface area contributed by atoms with E-state index in [1.807, 2.05) is 0 Å². The monoisotopic (exact) mass is 287 g/mol. The highest BCUT2D eigenvalue weighted by Gasteiger charge is 2.28. The van der Waals surface area contributed by atoms with Crippen molar-refractivity contribution in [1.82, 2.24) is 4.90 Å². The lowest BCUT2D eigenvalue weighted by Crippen LogP contribution is -2.40. The molecule has 0 unspecified atom stereocenters. The van der Waals surface area contributed by atoms with Gasteiger partial charge in [-0.2, -0.15) is 13.2 Å². The summed E-state index contributed by atoms with van der Waals surface area (Å²) in [6.45, 7) is 2.95. The van der Waals surface area contributed by atoms with Gasteiger partial charge in [0.25, 0.3) is 0 Å². The van der Waals surface area contributed by atoms with E-state index < -0.39 is 24.5 Å². The molecule has 1 N–H and O–H groups in total. The van der Waals surface area contributed by atoms with E-state index in [1.54, 1.807) is 20.8 Å². The van der Waals surface area contributed by atoms with Gasteiger partial charge in [0.05, 0.1) is 13.2 Å². The summed E-state index contributed by atoms with van der Waals surface area (Å²) >= 11 is 0. The third-order valence-electron chi connectivity index (χ3n) is 1.79. The van der Waals surface area contributed by atoms with Crippen molar-refractivity contribution in [3.63, 3.8) is 0 Å². The van der Waals surface area contributed by atoms with Gasteiger partial charge in [0.1, 0.15) is 12.2 Å². The summed E-state index contributed by atoms with van der Waals surface area (Å²) in [5.74, 6) is 0. The molecule has 0 spiro atoms. The lowest BCUT2D eigenvalue weighted by atomic mass is 10.2. The molecule has 1 amide bonds. The molecule has 5 nitrogen and oxygen atoms in total. The van der Waals surface area contributed by atoms with Gasteiger partial charge in [-0.25, -0.2) is 4.79 Å². The Morgan fingerprint density at radius 3 is 2.21 bits per heavy atom. The second-order valence-corrected chi connectivity index (χ2v) is 4.86. The predicted molar refractivity (Wildman–Crippen MR) is 61.8 cm³/mol. The Hall–Kier alpha value is -1.02. The maximum absolute atomic E-state index is 11.8. The summed E-state index contributed by atoms with van der Waals surface area (Å²) in [5.41, 5.74) is -0.711. The van der Waals surface area contributed by atoms with E-state index in [0.29, 0.717) is 0 Å². The molecule has 0 atom stereocenters. The molecule has 0 radical (unpaired) electrons. The minimum Gasteiger partial charge on any atom is -0.444 e. The normalized spacial score (nSPS) is 12.4. The van der Waals surface area contributed by atoms with Crippen LogP contribution in [0.15, 0.2) is 0 Å². The zero-order chi connectivity index (χ0) is 15.1. The molecular formula is C11H20F3NO4. The minimum atomic E-state index is -4.40. The SMILES string of the molecule is CC(C)(C)OC(=O)N(CCO)CCOCC(F)(F)F. The maximum atomic E-state index is 11.8. The molecular weight excluding hydrogens is 267 g/mol. The lowest BCUT2D eigenvalue weighted by molar-refractivity contribution is -0.174. The minimum absolute atomic E-state index is 0.0235. The fourth-order valence-corrected chi connectivity index (χ4v) is 1.10. The third-order valence-corrected chi connectivity index (χ3v) is 1.79. The number of hydrogen-bond donors (Lipinski definition) is 1. The largest absolute Gasteiger partial charge is 0.444 e. The second-order valence-electron chi connectivity index (χ2n) is 4.86. The topological polar surface area (TPSA) is 59.0 Å². The highest BCUT2D eigenvalue weighted by molar-refractivity contribution is 5.68. The van der Waals surface area contributed by atoms with Crippen LogP contribution in [0.5, 0.6) is 0 Å². The first-order valence-electron chi connectivity index (χ1n) is 5.78. The Morgan fingerprint density at radius 2 is 1.79 bits per heavy atom. The summed E-state index contributed by atoms with van der Waals surface area (Å²) in [4.78, 5) is 12.8. The van der Waals surface area contributed by atoms with Gasteiger partial charge in [0.15, 0.2) is 0 Å². The maximum Gasteiger partial charge on any atom is 0.411 e. The average molecular weight is 287 g/mol. The number of ether oxygens (including phenoxy) is 2. The molecule has 0 rings (SSSR count). The molecule has 0 aliphatic rings. The van der Waals surface area contributed by atoms with Crippen molar-refractivity contribution in [1.29, 1.82) is 0 Å². The third kappa shape index (κ3) is 10.6. The zero-order valence-corrected chi connectivity index (χ0v) is 11.3. The van der Waals surface area contributed by atoms with Crippen LogP contribution in [0.25, 0.3) is 0 Å². The Kier molecular flexibility index (Phi) is 7.14. The van der Waals surface area contributed by atoms with E-state index in [1.165, 1.54) is 0 Å². The number of carbonyl (C=O) groups excluding carboxylic acids is 1. The highest BCUT2D eigenvalue weighted by Crippen LogP contribution is 2.14. The first-order chi connectivity index (χ1) is 8.55. The molecule has 0 saturated carbocycles. The van der Waals surface area contributed by atoms with Crippen molar-refractivity contribution in [2.75, 3.05) is 32.9 Å². The number of aliphatic hydroxyl groups is 1. The summed E-state index contributed by atoms with van der Waals surface area (Å²) < 4.78 is 45.0. The Labute approximate surface area is 110 Å². The van der Waals surface area contributed by atoms with Crippen LogP contribution < -0.4 is 0 Å². The molecule has 0 aliphatic heterocycles. The van der Waals surface area contributed by atoms with Gasteiger partial charge in [-0.1, -0.05) is 0 Å². The van der Waals surface area contributed by atoms with Gasteiger partial charge in [0, 0.05) is 13.1 Å². The van der Waals surface area contributed by atoms with E-state index in [9.17, 15) is 18.0 Å². The number of nitrogens with zero attached hydrogens (tertiary/aromatic N) is 1. The number of halogens is 3. The van der Waals surface area contributed by atoms with Gasteiger partial charge in [-0.15, -0.1) is 0 Å². The molecule has 0 aromatic carbocycles. The fourth-order valence-electron chi connectivity index (χ4n) is 1.10. The van der Waals surface area contributed by atoms with E-state index >= 15 is 0 Å². The van der Waals surface area contributed by atoms with Gasteiger partial charge < -0.3 is 19.5 Å². The van der Waals surface area contributed by atoms with Gasteiger partial charge in [-0.05, 0) is 20.8 Å². The number of alkyl halides is 3. The second kappa shape index (κ2) is 7.54. The first-order valence-corrected chi connectivity index (χ1v) is 5.78. The molecule has 0 bridgehead atoms. The van der Waals surface area contributed by atoms with Crippen LogP contribution in [-0.2, 0) is 9.47 Å². The quantitative estimate of drug-likeness (QED) is 0.757. The van der Waals surface area contributed by atoms with E-state index in [4.69, 9.17) is 9.84 Å². The van der Waals surface area contributed by atoms with Crippen molar-refractivity contribution in [3.8, 4) is 0 Å². The summed E-state index contributed by atoms with van der Waals surface area (Å²) in [7, 11) is 0. The number of hydrogen-bond acceptors (Lipinski definition) is 4. The van der Waals surface area contributed by atoms with Gasteiger partial charge in [-0.3, -0.25) is 0 Å². The predicted octanol–water partition coefficient (Wildman–Crippen LogP) is 1.79. The molecule has 0 aromatic rings. The average Bonchev–Trinajstić information content (AvgIpc) is 2.18. The van der Waals surface area contributed by atoms with Gasteiger partial charge >= 0.3 is 12.3 Å². The van der Waals surface area contributed by atoms with Gasteiger partial charge in [0.2, 0.25) is 0 Å². The molecule has 0 fully saturated rings. The molecule has 0 heterocycles. The number of amides is 1. The smallest absolute Gasteiger partial charge is 0.411 e. The molecule has 0 aliphatic carbocycles. The number of carbonyl (C=O) groups is 1. The standard InChI is InChI=1S/C11H20F3NO4/c1-10(2,3)19-9(17)15(4-6-16)5-7-18-8-11(12,13)14/h16H,4-8H2,1-3H3. The van der Waals surface area contributed by atoms with Crippen molar-refractivity contribution in [3.05, 3.63) is 0 Å². The van der Waals surface area contributed by atoms with Crippen LogP contribution in [0.3, 0.4) is 0 Å². The molecule has 0 aromatic heterocycles. The summed E-state index contributed by atoms with van der Waals surface area (Å²) in [5, 5.41) is 8.80. The Bertz CT molecular complexity index is 276. The van der Waals surface area contributed by atoms with E-state index in [0.717, 1.165) is 4.90 Å². The van der Waals surface area contributed by atoms with Crippen LogP contribution >= 0.6 is 0 Å². The van der Waals surface area contributed by atoms with Crippen molar-refractivity contribution in [2.24, 2.45) is 0 Å². The number of rotatable bonds is 6. The highest BCUT2D eigenvalue weighted by atomic mass is 19.4. The molecule has 8 heteroatoms. The zero-order valence-electron chi connectivity index (χ0n) is 11.3. The van der Waals surface area contributed by atoms with Crippen LogP contribution in [0.1, 0.15) is 20.8 Å². The van der Waals surface area contributed by atoms with Crippen molar-refractivity contribution >= 4 is 6.09 Å². The summed E-state index contributed by atoms with van der Waals surface area (Å²) in [6, 6.07) is 0. The first kappa shape index (κ1) is 18.0. The van der Waals surface area contributed by atoms with Crippen LogP contribution in [-0.4, -0.2) is 60.8 Å². The summed E-state index contributed by atoms with van der Waals surface area (Å²) in [6.07, 6.45) is -5.09. The van der Waals surface area contributed by atoms with E-state index in [2.05, 4.69) is 4.74 Å². The lowest BCUT2D eigenvalue weighted by Gasteiger charge is -2.26. The van der Waals surface area contributed by atoms with Crippen LogP contribution in [0, 0.1) is 0 Å². The molecule has 114 valence electrons. The fraction of sp³-hybridized carbons (Fsp3) is 0.909. The van der Waals surface area contributed by atoms with Crippen LogP contribution in [0.2, 0.25) is 0 Å². The molecule has 0 saturated heterocycles. The molecule has 19 heavy (non-hydrogen) atoms. The number of aliphatic hydroxyl groups excluding tert-OH is 1. The Balaban J connectivity index is 4.15.